The Labute approximate surface area is 164 Å². The Morgan fingerprint density at radius 3 is 2.46 bits per heavy atom. The van der Waals surface area contributed by atoms with Gasteiger partial charge < -0.3 is 9.84 Å². The Balaban J connectivity index is 2.32. The molecule has 7 heteroatoms. The molecule has 0 aromatic heterocycles. The van der Waals surface area contributed by atoms with Gasteiger partial charge in [-0.1, -0.05) is 24.3 Å². The van der Waals surface area contributed by atoms with E-state index in [-0.39, 0.29) is 6.54 Å². The minimum atomic E-state index is -1.01. The van der Waals surface area contributed by atoms with Crippen LogP contribution in [0.15, 0.2) is 29.8 Å². The van der Waals surface area contributed by atoms with E-state index < -0.39 is 18.0 Å². The SMILES string of the molecule is CCOC(C[N+]1=C/C(=C(\C#N)c2ccc(C(C#N)C#N)cc2)CCC1)C(=O)O. The zero-order valence-electron chi connectivity index (χ0n) is 15.6. The van der Waals surface area contributed by atoms with E-state index in [1.807, 2.05) is 22.9 Å². The molecule has 1 unspecified atom stereocenters. The maximum atomic E-state index is 11.3. The van der Waals surface area contributed by atoms with Gasteiger partial charge in [-0.15, -0.1) is 0 Å². The number of carboxylic acids is 1. The number of carboxylic acid groups (broad SMARTS) is 1. The molecule has 0 aliphatic carbocycles. The van der Waals surface area contributed by atoms with Crippen molar-refractivity contribution in [1.29, 1.82) is 15.8 Å². The first-order valence-corrected chi connectivity index (χ1v) is 9.00. The van der Waals surface area contributed by atoms with Crippen LogP contribution in [-0.4, -0.2) is 47.7 Å². The predicted molar refractivity (Wildman–Crippen MR) is 101 cm³/mol. The van der Waals surface area contributed by atoms with Gasteiger partial charge in [0, 0.05) is 18.6 Å². The van der Waals surface area contributed by atoms with Crippen molar-refractivity contribution >= 4 is 17.8 Å². The van der Waals surface area contributed by atoms with Crippen LogP contribution in [0.1, 0.15) is 36.8 Å². The molecular formula is C21H21N4O3+. The number of hydrogen-bond acceptors (Lipinski definition) is 5. The average molecular weight is 377 g/mol. The van der Waals surface area contributed by atoms with Gasteiger partial charge in [-0.05, 0) is 24.5 Å². The molecule has 1 N–H and O–H groups in total. The number of hydrogen-bond donors (Lipinski definition) is 1. The molecule has 2 rings (SSSR count). The van der Waals surface area contributed by atoms with E-state index >= 15 is 0 Å². The van der Waals surface area contributed by atoms with Gasteiger partial charge in [-0.3, -0.25) is 0 Å². The van der Waals surface area contributed by atoms with E-state index in [1.165, 1.54) is 0 Å². The maximum Gasteiger partial charge on any atom is 0.339 e. The number of rotatable bonds is 7. The maximum absolute atomic E-state index is 11.3. The van der Waals surface area contributed by atoms with Gasteiger partial charge in [0.25, 0.3) is 0 Å². The molecule has 1 aromatic carbocycles. The van der Waals surface area contributed by atoms with Crippen LogP contribution in [0, 0.1) is 34.0 Å². The van der Waals surface area contributed by atoms with Crippen molar-refractivity contribution in [2.24, 2.45) is 0 Å². The van der Waals surface area contributed by atoms with Gasteiger partial charge in [-0.25, -0.2) is 9.37 Å². The van der Waals surface area contributed by atoms with Gasteiger partial charge in [0.15, 0.2) is 18.7 Å². The van der Waals surface area contributed by atoms with E-state index in [9.17, 15) is 15.2 Å². The molecule has 7 nitrogen and oxygen atoms in total. The van der Waals surface area contributed by atoms with Gasteiger partial charge in [0.05, 0.1) is 17.7 Å². The van der Waals surface area contributed by atoms with E-state index in [0.717, 1.165) is 12.0 Å². The standard InChI is InChI=1S/C21H20N4O3/c1-2-28-20(21(26)27)14-25-9-3-4-17(13-25)19(12-24)16-7-5-15(6-8-16)18(10-22)11-23/h5-8,13,18,20H,2-4,9,14H2,1H3/p+1/b19-17+. The van der Waals surface area contributed by atoms with Crippen LogP contribution >= 0.6 is 0 Å². The highest BCUT2D eigenvalue weighted by molar-refractivity contribution is 5.94. The number of nitriles is 3. The van der Waals surface area contributed by atoms with Crippen LogP contribution in [0.4, 0.5) is 0 Å². The Hall–Kier alpha value is -3.47. The van der Waals surface area contributed by atoms with Crippen LogP contribution in [0.2, 0.25) is 0 Å². The van der Waals surface area contributed by atoms with E-state index in [1.54, 1.807) is 31.2 Å². The topological polar surface area (TPSA) is 121 Å². The van der Waals surface area contributed by atoms with Gasteiger partial charge >= 0.3 is 5.97 Å². The fraction of sp³-hybridized carbons (Fsp3) is 0.381. The molecule has 142 valence electrons. The summed E-state index contributed by atoms with van der Waals surface area (Å²) in [5.41, 5.74) is 2.63. The van der Waals surface area contributed by atoms with Crippen LogP contribution in [0.25, 0.3) is 5.57 Å². The van der Waals surface area contributed by atoms with Crippen molar-refractivity contribution in [3.05, 3.63) is 41.0 Å². The second kappa shape index (κ2) is 10.0. The highest BCUT2D eigenvalue weighted by Crippen LogP contribution is 2.24. The van der Waals surface area contributed by atoms with Crippen LogP contribution in [-0.2, 0) is 9.53 Å². The van der Waals surface area contributed by atoms with Gasteiger partial charge in [0.2, 0.25) is 6.10 Å². The lowest BCUT2D eigenvalue weighted by atomic mass is 9.94. The normalized spacial score (nSPS) is 16.3. The first-order chi connectivity index (χ1) is 13.5. The highest BCUT2D eigenvalue weighted by atomic mass is 16.5. The Morgan fingerprint density at radius 2 is 1.93 bits per heavy atom. The highest BCUT2D eigenvalue weighted by Gasteiger charge is 2.26. The molecule has 0 amide bonds. The molecule has 1 aromatic rings. The molecular weight excluding hydrogens is 356 g/mol. The summed E-state index contributed by atoms with van der Waals surface area (Å²) in [4.78, 5) is 11.3. The molecule has 28 heavy (non-hydrogen) atoms. The molecule has 0 radical (unpaired) electrons. The molecule has 1 aliphatic heterocycles. The first kappa shape index (κ1) is 20.8. The minimum absolute atomic E-state index is 0.219. The summed E-state index contributed by atoms with van der Waals surface area (Å²) in [6.07, 6.45) is 2.43. The summed E-state index contributed by atoms with van der Waals surface area (Å²) in [5.74, 6) is -1.84. The number of aliphatic carboxylic acids is 1. The van der Waals surface area contributed by atoms with E-state index in [0.29, 0.717) is 36.3 Å². The van der Waals surface area contributed by atoms with Crippen LogP contribution in [0.3, 0.4) is 0 Å². The Bertz CT molecular complexity index is 897. The minimum Gasteiger partial charge on any atom is -0.479 e. The van der Waals surface area contributed by atoms with Crippen molar-refractivity contribution in [3.63, 3.8) is 0 Å². The summed E-state index contributed by atoms with van der Waals surface area (Å²) in [7, 11) is 0. The molecule has 0 bridgehead atoms. The number of carbonyl (C=O) groups is 1. The van der Waals surface area contributed by atoms with E-state index in [2.05, 4.69) is 6.07 Å². The number of nitrogens with zero attached hydrogens (tertiary/aromatic N) is 4. The van der Waals surface area contributed by atoms with E-state index in [4.69, 9.17) is 15.3 Å². The Kier molecular flexibility index (Phi) is 7.45. The first-order valence-electron chi connectivity index (χ1n) is 9.00. The molecule has 1 aliphatic rings. The third-order valence-electron chi connectivity index (χ3n) is 4.50. The third-order valence-corrected chi connectivity index (χ3v) is 4.50. The fourth-order valence-corrected chi connectivity index (χ4v) is 3.11. The zero-order valence-corrected chi connectivity index (χ0v) is 15.6. The lowest BCUT2D eigenvalue weighted by molar-refractivity contribution is -0.533. The van der Waals surface area contributed by atoms with Crippen molar-refractivity contribution in [2.75, 3.05) is 19.7 Å². The largest absolute Gasteiger partial charge is 0.479 e. The smallest absolute Gasteiger partial charge is 0.339 e. The zero-order chi connectivity index (χ0) is 20.5. The second-order valence-electron chi connectivity index (χ2n) is 6.34. The van der Waals surface area contributed by atoms with Crippen molar-refractivity contribution in [2.45, 2.75) is 31.8 Å². The van der Waals surface area contributed by atoms with Gasteiger partial charge in [0.1, 0.15) is 12.6 Å². The molecule has 0 saturated carbocycles. The average Bonchev–Trinajstić information content (AvgIpc) is 2.70. The molecule has 1 heterocycles. The van der Waals surface area contributed by atoms with Crippen molar-refractivity contribution in [1.82, 2.24) is 0 Å². The molecule has 0 fully saturated rings. The van der Waals surface area contributed by atoms with Crippen LogP contribution < -0.4 is 0 Å². The lowest BCUT2D eigenvalue weighted by Crippen LogP contribution is -2.36. The number of ether oxygens (including phenoxy) is 1. The monoisotopic (exact) mass is 377 g/mol. The Morgan fingerprint density at radius 1 is 1.25 bits per heavy atom. The fourth-order valence-electron chi connectivity index (χ4n) is 3.11. The van der Waals surface area contributed by atoms with Crippen LogP contribution in [0.5, 0.6) is 0 Å². The van der Waals surface area contributed by atoms with Crippen molar-refractivity contribution in [3.8, 4) is 18.2 Å². The molecule has 0 saturated heterocycles. The summed E-state index contributed by atoms with van der Waals surface area (Å²) in [6.45, 7) is 2.98. The number of allylic oxidation sites excluding steroid dienone is 2. The predicted octanol–water partition coefficient (Wildman–Crippen LogP) is 2.46. The quantitative estimate of drug-likeness (QED) is 0.575. The summed E-state index contributed by atoms with van der Waals surface area (Å²) >= 11 is 0. The summed E-state index contributed by atoms with van der Waals surface area (Å²) in [5, 5.41) is 36.9. The third kappa shape index (κ3) is 5.04. The number of benzene rings is 1. The lowest BCUT2D eigenvalue weighted by Gasteiger charge is -2.16. The second-order valence-corrected chi connectivity index (χ2v) is 6.34. The van der Waals surface area contributed by atoms with Crippen molar-refractivity contribution < 1.29 is 19.2 Å². The molecule has 1 atom stereocenters. The summed E-state index contributed by atoms with van der Waals surface area (Å²) in [6, 6.07) is 12.9. The summed E-state index contributed by atoms with van der Waals surface area (Å²) < 4.78 is 7.15. The molecule has 0 spiro atoms. The van der Waals surface area contributed by atoms with Gasteiger partial charge in [-0.2, -0.15) is 15.8 Å².